The van der Waals surface area contributed by atoms with E-state index in [9.17, 15) is 4.79 Å². The number of hydrogen-bond acceptors (Lipinski definition) is 2. The molecular weight excluding hydrogens is 463 g/mol. The Bertz CT molecular complexity index is 617. The zero-order chi connectivity index (χ0) is 18.3. The van der Waals surface area contributed by atoms with E-state index in [4.69, 9.17) is 11.6 Å². The van der Waals surface area contributed by atoms with Crippen molar-refractivity contribution in [2.24, 2.45) is 10.4 Å². The molecule has 2 rings (SSSR count). The summed E-state index contributed by atoms with van der Waals surface area (Å²) in [5.74, 6) is 0.658. The molecule has 0 aromatic heterocycles. The molecule has 0 saturated heterocycles. The fourth-order valence-electron chi connectivity index (χ4n) is 2.58. The molecule has 0 spiro atoms. The van der Waals surface area contributed by atoms with Crippen LogP contribution in [0.25, 0.3) is 0 Å². The van der Waals surface area contributed by atoms with E-state index in [1.54, 1.807) is 0 Å². The number of carbonyl (C=O) groups excluding carboxylic acids is 1. The van der Waals surface area contributed by atoms with Crippen molar-refractivity contribution in [2.75, 3.05) is 19.6 Å². The van der Waals surface area contributed by atoms with Crippen LogP contribution in [0.4, 0.5) is 0 Å². The van der Waals surface area contributed by atoms with Crippen molar-refractivity contribution in [3.63, 3.8) is 0 Å². The molecule has 0 atom stereocenters. The number of hydrogen-bond donors (Lipinski definition) is 3. The van der Waals surface area contributed by atoms with Crippen LogP contribution in [0.2, 0.25) is 5.02 Å². The lowest BCUT2D eigenvalue weighted by Crippen LogP contribution is -2.43. The van der Waals surface area contributed by atoms with Crippen LogP contribution in [-0.2, 0) is 11.2 Å². The van der Waals surface area contributed by atoms with E-state index in [0.717, 1.165) is 37.4 Å². The van der Waals surface area contributed by atoms with Crippen LogP contribution in [0.1, 0.15) is 39.2 Å². The van der Waals surface area contributed by atoms with Gasteiger partial charge in [0.15, 0.2) is 5.96 Å². The molecule has 0 radical (unpaired) electrons. The van der Waals surface area contributed by atoms with Gasteiger partial charge in [-0.1, -0.05) is 37.6 Å². The Hall–Kier alpha value is -1.02. The molecule has 26 heavy (non-hydrogen) atoms. The van der Waals surface area contributed by atoms with Crippen LogP contribution in [-0.4, -0.2) is 37.5 Å². The predicted octanol–water partition coefficient (Wildman–Crippen LogP) is 3.36. The van der Waals surface area contributed by atoms with Crippen LogP contribution >= 0.6 is 35.6 Å². The average molecular weight is 493 g/mol. The van der Waals surface area contributed by atoms with Crippen molar-refractivity contribution in [3.8, 4) is 0 Å². The van der Waals surface area contributed by atoms with Crippen molar-refractivity contribution >= 4 is 47.4 Å². The molecule has 7 heteroatoms. The molecule has 1 saturated carbocycles. The fourth-order valence-corrected chi connectivity index (χ4v) is 2.79. The number of guanidine groups is 1. The quantitative estimate of drug-likeness (QED) is 0.296. The van der Waals surface area contributed by atoms with Gasteiger partial charge in [0.2, 0.25) is 5.91 Å². The number of nitrogens with zero attached hydrogens (tertiary/aromatic N) is 1. The van der Waals surface area contributed by atoms with Gasteiger partial charge in [0, 0.05) is 24.2 Å². The van der Waals surface area contributed by atoms with E-state index in [0.29, 0.717) is 12.0 Å². The molecule has 3 N–H and O–H groups in total. The van der Waals surface area contributed by atoms with Crippen LogP contribution in [0.3, 0.4) is 0 Å². The Balaban J connectivity index is 0.00000338. The Morgan fingerprint density at radius 3 is 2.65 bits per heavy atom. The monoisotopic (exact) mass is 492 g/mol. The predicted molar refractivity (Wildman–Crippen MR) is 119 cm³/mol. The van der Waals surface area contributed by atoms with E-state index in [1.807, 2.05) is 25.1 Å². The largest absolute Gasteiger partial charge is 0.357 e. The van der Waals surface area contributed by atoms with Crippen molar-refractivity contribution in [1.29, 1.82) is 0 Å². The standard InChI is InChI=1S/C19H29ClN4O.HI/c1-4-21-18(22-12-17(25)24-16-8-9-16)23-13-19(2,3)11-14-6-5-7-15(20)10-14;/h5-7,10,16H,4,8-9,11-13H2,1-3H3,(H,24,25)(H2,21,22,23);1H. The van der Waals surface area contributed by atoms with Crippen LogP contribution < -0.4 is 16.0 Å². The van der Waals surface area contributed by atoms with Gasteiger partial charge in [-0.05, 0) is 49.3 Å². The van der Waals surface area contributed by atoms with Gasteiger partial charge in [-0.15, -0.1) is 24.0 Å². The number of amides is 1. The summed E-state index contributed by atoms with van der Waals surface area (Å²) in [5, 5.41) is 10.2. The maximum Gasteiger partial charge on any atom is 0.242 e. The number of carbonyl (C=O) groups is 1. The molecule has 1 fully saturated rings. The number of rotatable bonds is 8. The normalized spacial score (nSPS) is 14.4. The molecule has 0 bridgehead atoms. The van der Waals surface area contributed by atoms with Gasteiger partial charge in [-0.25, -0.2) is 4.99 Å². The third kappa shape index (κ3) is 9.07. The van der Waals surface area contributed by atoms with Crippen molar-refractivity contribution in [1.82, 2.24) is 16.0 Å². The van der Waals surface area contributed by atoms with E-state index < -0.39 is 0 Å². The smallest absolute Gasteiger partial charge is 0.242 e. The van der Waals surface area contributed by atoms with Crippen molar-refractivity contribution in [3.05, 3.63) is 34.9 Å². The first kappa shape index (κ1) is 23.0. The zero-order valence-corrected chi connectivity index (χ0v) is 18.9. The highest BCUT2D eigenvalue weighted by atomic mass is 127. The molecule has 0 unspecified atom stereocenters. The molecule has 0 heterocycles. The summed E-state index contributed by atoms with van der Waals surface area (Å²) in [6.45, 7) is 8.06. The molecule has 1 aliphatic rings. The van der Waals surface area contributed by atoms with Crippen LogP contribution in [0.5, 0.6) is 0 Å². The molecule has 146 valence electrons. The molecular formula is C19H30ClIN4O. The molecule has 0 aliphatic heterocycles. The number of benzene rings is 1. The summed E-state index contributed by atoms with van der Waals surface area (Å²) in [4.78, 5) is 16.2. The first-order valence-electron chi connectivity index (χ1n) is 8.94. The highest BCUT2D eigenvalue weighted by Gasteiger charge is 2.23. The van der Waals surface area contributed by atoms with E-state index in [2.05, 4.69) is 40.9 Å². The van der Waals surface area contributed by atoms with Gasteiger partial charge >= 0.3 is 0 Å². The summed E-state index contributed by atoms with van der Waals surface area (Å²) in [6, 6.07) is 8.33. The number of nitrogens with one attached hydrogen (secondary N) is 3. The van der Waals surface area contributed by atoms with Gasteiger partial charge in [-0.2, -0.15) is 0 Å². The maximum absolute atomic E-state index is 11.8. The van der Waals surface area contributed by atoms with Gasteiger partial charge in [0.25, 0.3) is 0 Å². The Labute approximate surface area is 178 Å². The lowest BCUT2D eigenvalue weighted by Gasteiger charge is -2.26. The first-order valence-corrected chi connectivity index (χ1v) is 9.32. The summed E-state index contributed by atoms with van der Waals surface area (Å²) in [7, 11) is 0. The lowest BCUT2D eigenvalue weighted by atomic mass is 9.86. The second kappa shape index (κ2) is 11.0. The SMILES string of the molecule is CCNC(=NCC(=O)NC1CC1)NCC(C)(C)Cc1cccc(Cl)c1.I. The molecule has 1 aliphatic carbocycles. The fraction of sp³-hybridized carbons (Fsp3) is 0.579. The summed E-state index contributed by atoms with van der Waals surface area (Å²) in [6.07, 6.45) is 3.08. The van der Waals surface area contributed by atoms with Crippen LogP contribution in [0, 0.1) is 5.41 Å². The van der Waals surface area contributed by atoms with Crippen LogP contribution in [0.15, 0.2) is 29.3 Å². The molecule has 1 aromatic carbocycles. The minimum atomic E-state index is -0.0158. The average Bonchev–Trinajstić information content (AvgIpc) is 3.33. The Morgan fingerprint density at radius 1 is 1.31 bits per heavy atom. The highest BCUT2D eigenvalue weighted by Crippen LogP contribution is 2.22. The molecule has 1 amide bonds. The molecule has 1 aromatic rings. The van der Waals surface area contributed by atoms with E-state index in [1.165, 1.54) is 5.56 Å². The summed E-state index contributed by atoms with van der Waals surface area (Å²) in [5.41, 5.74) is 1.24. The third-order valence-corrected chi connectivity index (χ3v) is 4.21. The van der Waals surface area contributed by atoms with E-state index in [-0.39, 0.29) is 41.8 Å². The van der Waals surface area contributed by atoms with Gasteiger partial charge in [0.05, 0.1) is 0 Å². The first-order chi connectivity index (χ1) is 11.9. The van der Waals surface area contributed by atoms with Crippen molar-refractivity contribution < 1.29 is 4.79 Å². The Kier molecular flexibility index (Phi) is 9.71. The second-order valence-electron chi connectivity index (χ2n) is 7.36. The highest BCUT2D eigenvalue weighted by molar-refractivity contribution is 14.0. The minimum Gasteiger partial charge on any atom is -0.357 e. The third-order valence-electron chi connectivity index (χ3n) is 3.97. The maximum atomic E-state index is 11.8. The topological polar surface area (TPSA) is 65.5 Å². The summed E-state index contributed by atoms with van der Waals surface area (Å²) >= 11 is 6.07. The summed E-state index contributed by atoms with van der Waals surface area (Å²) < 4.78 is 0. The number of aliphatic imine (C=N–C) groups is 1. The zero-order valence-electron chi connectivity index (χ0n) is 15.8. The lowest BCUT2D eigenvalue weighted by molar-refractivity contribution is -0.119. The minimum absolute atomic E-state index is 0. The second-order valence-corrected chi connectivity index (χ2v) is 7.80. The number of halogens is 2. The van der Waals surface area contributed by atoms with Gasteiger partial charge in [-0.3, -0.25) is 4.79 Å². The van der Waals surface area contributed by atoms with E-state index >= 15 is 0 Å². The molecule has 5 nitrogen and oxygen atoms in total. The van der Waals surface area contributed by atoms with Gasteiger partial charge < -0.3 is 16.0 Å². The van der Waals surface area contributed by atoms with Gasteiger partial charge in [0.1, 0.15) is 6.54 Å². The van der Waals surface area contributed by atoms with Crippen molar-refractivity contribution in [2.45, 2.75) is 46.1 Å². The Morgan fingerprint density at radius 2 is 2.04 bits per heavy atom.